The van der Waals surface area contributed by atoms with Crippen molar-refractivity contribution >= 4 is 5.97 Å². The summed E-state index contributed by atoms with van der Waals surface area (Å²) in [6.07, 6.45) is -2.18. The monoisotopic (exact) mass is 388 g/mol. The first-order valence-electron chi connectivity index (χ1n) is 9.22. The van der Waals surface area contributed by atoms with Crippen LogP contribution in [0.3, 0.4) is 0 Å². The molecular weight excluding hydrogens is 361 g/mol. The zero-order valence-electron chi connectivity index (χ0n) is 15.9. The van der Waals surface area contributed by atoms with E-state index < -0.39 is 12.3 Å². The summed E-state index contributed by atoms with van der Waals surface area (Å²) in [6, 6.07) is 4.64. The number of aliphatic hydroxyl groups is 1. The molecule has 1 aromatic carbocycles. The number of carbonyl (C=O) groups excluding carboxylic acids is 1. The van der Waals surface area contributed by atoms with Crippen LogP contribution in [0.2, 0.25) is 0 Å². The van der Waals surface area contributed by atoms with Gasteiger partial charge in [0.05, 0.1) is 19.6 Å². The molecule has 0 bridgehead atoms. The van der Waals surface area contributed by atoms with E-state index in [0.29, 0.717) is 24.8 Å². The summed E-state index contributed by atoms with van der Waals surface area (Å²) in [6.45, 7) is 3.62. The second-order valence-corrected chi connectivity index (χ2v) is 7.51. The van der Waals surface area contributed by atoms with Gasteiger partial charge < -0.3 is 14.6 Å². The lowest BCUT2D eigenvalue weighted by atomic mass is 9.86. The summed E-state index contributed by atoms with van der Waals surface area (Å²) in [4.78, 5) is 11.7. The molecule has 0 spiro atoms. The molecule has 0 unspecified atom stereocenters. The van der Waals surface area contributed by atoms with Crippen LogP contribution >= 0.6 is 0 Å². The van der Waals surface area contributed by atoms with Crippen LogP contribution in [0.4, 0.5) is 13.2 Å². The molecule has 0 saturated heterocycles. The second-order valence-electron chi connectivity index (χ2n) is 7.51. The first-order chi connectivity index (χ1) is 12.6. The van der Waals surface area contributed by atoms with Gasteiger partial charge in [-0.1, -0.05) is 26.0 Å². The zero-order chi connectivity index (χ0) is 20.2. The molecule has 4 nitrogen and oxygen atoms in total. The van der Waals surface area contributed by atoms with Gasteiger partial charge in [-0.3, -0.25) is 4.79 Å². The molecule has 1 fully saturated rings. The molecule has 2 rings (SSSR count). The minimum Gasteiger partial charge on any atom is -0.469 e. The fraction of sp³-hybridized carbons (Fsp3) is 0.650. The van der Waals surface area contributed by atoms with E-state index in [1.807, 2.05) is 13.8 Å². The Bertz CT molecular complexity index is 643. The number of aliphatic hydroxyl groups excluding tert-OH is 1. The van der Waals surface area contributed by atoms with Gasteiger partial charge in [-0.15, -0.1) is 13.2 Å². The van der Waals surface area contributed by atoms with E-state index in [0.717, 1.165) is 12.0 Å². The molecule has 0 aliphatic heterocycles. The molecule has 152 valence electrons. The Morgan fingerprint density at radius 2 is 2.00 bits per heavy atom. The number of ether oxygens (including phenoxy) is 2. The van der Waals surface area contributed by atoms with Crippen molar-refractivity contribution in [3.8, 4) is 5.75 Å². The van der Waals surface area contributed by atoms with E-state index >= 15 is 0 Å². The normalized spacial score (nSPS) is 21.3. The van der Waals surface area contributed by atoms with Gasteiger partial charge in [0.25, 0.3) is 0 Å². The number of halogens is 3. The van der Waals surface area contributed by atoms with E-state index in [4.69, 9.17) is 4.74 Å². The second kappa shape index (κ2) is 8.95. The van der Waals surface area contributed by atoms with Crippen LogP contribution in [0.15, 0.2) is 18.2 Å². The third kappa shape index (κ3) is 5.86. The van der Waals surface area contributed by atoms with Crippen molar-refractivity contribution in [2.24, 2.45) is 11.8 Å². The Hall–Kier alpha value is -1.76. The highest BCUT2D eigenvalue weighted by atomic mass is 19.4. The summed E-state index contributed by atoms with van der Waals surface area (Å²) in [5.41, 5.74) is 1.25. The molecule has 1 aliphatic carbocycles. The Kier molecular flexibility index (Phi) is 7.14. The van der Waals surface area contributed by atoms with Crippen molar-refractivity contribution in [2.75, 3.05) is 13.7 Å². The van der Waals surface area contributed by atoms with Crippen molar-refractivity contribution in [3.05, 3.63) is 29.3 Å². The van der Waals surface area contributed by atoms with Gasteiger partial charge in [0.2, 0.25) is 0 Å². The predicted molar refractivity (Wildman–Crippen MR) is 94.5 cm³/mol. The number of carbonyl (C=O) groups is 1. The predicted octanol–water partition coefficient (Wildman–Crippen LogP) is 4.76. The van der Waals surface area contributed by atoms with Crippen LogP contribution < -0.4 is 4.74 Å². The highest BCUT2D eigenvalue weighted by Crippen LogP contribution is 2.41. The maximum atomic E-state index is 12.8. The number of benzene rings is 1. The maximum Gasteiger partial charge on any atom is 0.573 e. The number of alkyl halides is 3. The van der Waals surface area contributed by atoms with E-state index in [9.17, 15) is 23.1 Å². The summed E-state index contributed by atoms with van der Waals surface area (Å²) in [7, 11) is 1.35. The molecule has 0 aromatic heterocycles. The molecule has 1 aromatic rings. The van der Waals surface area contributed by atoms with E-state index in [1.54, 1.807) is 12.1 Å². The van der Waals surface area contributed by atoms with Crippen LogP contribution in [0.1, 0.15) is 62.5 Å². The van der Waals surface area contributed by atoms with E-state index in [2.05, 4.69) is 4.74 Å². The average molecular weight is 388 g/mol. The minimum absolute atomic E-state index is 0.137. The summed E-state index contributed by atoms with van der Waals surface area (Å²) in [5.74, 6) is -0.894. The topological polar surface area (TPSA) is 55.8 Å². The number of methoxy groups -OCH3 is 1. The molecule has 7 heteroatoms. The summed E-state index contributed by atoms with van der Waals surface area (Å²) < 4.78 is 47.4. The molecule has 1 aliphatic rings. The van der Waals surface area contributed by atoms with Gasteiger partial charge in [-0.2, -0.15) is 0 Å². The number of hydrogen-bond donors (Lipinski definition) is 1. The molecule has 1 N–H and O–H groups in total. The van der Waals surface area contributed by atoms with Gasteiger partial charge in [-0.05, 0) is 49.1 Å². The van der Waals surface area contributed by atoms with Crippen LogP contribution in [0.25, 0.3) is 0 Å². The van der Waals surface area contributed by atoms with Crippen LogP contribution in [0, 0.1) is 11.8 Å². The molecule has 0 heterocycles. The standard InChI is InChI=1S/C20H27F3O4/c1-12(2)14-6-7-18(27-20(21,22)23)17(10-14)16(11-24)9-13-4-5-15(8-13)19(25)26-3/h6-7,10,12-13,15-16,24H,4-5,8-9,11H2,1-3H3/t13-,15+,16-/m1/s1. The first kappa shape index (κ1) is 21.5. The van der Waals surface area contributed by atoms with Gasteiger partial charge in [0.15, 0.2) is 0 Å². The SMILES string of the molecule is COC(=O)[C@H]1CC[C@@H](C[C@H](CO)c2cc(C(C)C)ccc2OC(F)(F)F)C1. The lowest BCUT2D eigenvalue weighted by molar-refractivity contribution is -0.275. The van der Waals surface area contributed by atoms with Crippen molar-refractivity contribution in [1.29, 1.82) is 0 Å². The lowest BCUT2D eigenvalue weighted by Crippen LogP contribution is -2.20. The molecular formula is C20H27F3O4. The Labute approximate surface area is 157 Å². The van der Waals surface area contributed by atoms with Crippen molar-refractivity contribution < 1.29 is 32.5 Å². The number of rotatable bonds is 7. The first-order valence-corrected chi connectivity index (χ1v) is 9.22. The van der Waals surface area contributed by atoms with Gasteiger partial charge in [-0.25, -0.2) is 0 Å². The van der Waals surface area contributed by atoms with Gasteiger partial charge in [0, 0.05) is 11.5 Å². The lowest BCUT2D eigenvalue weighted by Gasteiger charge is -2.23. The van der Waals surface area contributed by atoms with Crippen LogP contribution in [-0.4, -0.2) is 31.2 Å². The van der Waals surface area contributed by atoms with Crippen molar-refractivity contribution in [3.63, 3.8) is 0 Å². The number of hydrogen-bond acceptors (Lipinski definition) is 4. The Morgan fingerprint density at radius 3 is 2.56 bits per heavy atom. The van der Waals surface area contributed by atoms with E-state index in [-0.39, 0.29) is 36.1 Å². The smallest absolute Gasteiger partial charge is 0.469 e. The van der Waals surface area contributed by atoms with Crippen LogP contribution in [0.5, 0.6) is 5.75 Å². The molecule has 3 atom stereocenters. The van der Waals surface area contributed by atoms with Crippen LogP contribution in [-0.2, 0) is 9.53 Å². The largest absolute Gasteiger partial charge is 0.573 e. The maximum absolute atomic E-state index is 12.8. The quantitative estimate of drug-likeness (QED) is 0.684. The molecule has 0 amide bonds. The fourth-order valence-corrected chi connectivity index (χ4v) is 3.83. The fourth-order valence-electron chi connectivity index (χ4n) is 3.83. The average Bonchev–Trinajstić information content (AvgIpc) is 3.06. The zero-order valence-corrected chi connectivity index (χ0v) is 15.9. The van der Waals surface area contributed by atoms with Gasteiger partial charge in [0.1, 0.15) is 5.75 Å². The molecule has 27 heavy (non-hydrogen) atoms. The summed E-state index contributed by atoms with van der Waals surface area (Å²) in [5, 5.41) is 9.88. The molecule has 0 radical (unpaired) electrons. The van der Waals surface area contributed by atoms with Crippen molar-refractivity contribution in [2.45, 2.75) is 57.7 Å². The minimum atomic E-state index is -4.79. The number of esters is 1. The van der Waals surface area contributed by atoms with Gasteiger partial charge >= 0.3 is 12.3 Å². The summed E-state index contributed by atoms with van der Waals surface area (Å²) >= 11 is 0. The Balaban J connectivity index is 2.23. The third-order valence-corrected chi connectivity index (χ3v) is 5.28. The van der Waals surface area contributed by atoms with E-state index in [1.165, 1.54) is 13.2 Å². The highest BCUT2D eigenvalue weighted by molar-refractivity contribution is 5.72. The third-order valence-electron chi connectivity index (χ3n) is 5.28. The Morgan fingerprint density at radius 1 is 1.30 bits per heavy atom. The van der Waals surface area contributed by atoms with Crippen molar-refractivity contribution in [1.82, 2.24) is 0 Å². The molecule has 1 saturated carbocycles. The highest BCUT2D eigenvalue weighted by Gasteiger charge is 2.35.